The number of aliphatic hydroxyl groups is 1. The Hall–Kier alpha value is -0.820. The van der Waals surface area contributed by atoms with Gasteiger partial charge in [-0.15, -0.1) is 0 Å². The van der Waals surface area contributed by atoms with Gasteiger partial charge < -0.3 is 5.11 Å². The summed E-state index contributed by atoms with van der Waals surface area (Å²) >= 11 is 0. The van der Waals surface area contributed by atoms with Crippen molar-refractivity contribution in [2.45, 2.75) is 58.5 Å². The van der Waals surface area contributed by atoms with E-state index in [1.54, 1.807) is 0 Å². The van der Waals surface area contributed by atoms with Crippen LogP contribution in [0.5, 0.6) is 0 Å². The van der Waals surface area contributed by atoms with Gasteiger partial charge in [-0.3, -0.25) is 0 Å². The van der Waals surface area contributed by atoms with Crippen molar-refractivity contribution in [3.05, 3.63) is 34.9 Å². The molecule has 1 nitrogen and oxygen atoms in total. The van der Waals surface area contributed by atoms with E-state index in [0.717, 1.165) is 5.56 Å². The molecule has 2 rings (SSSR count). The fourth-order valence-electron chi connectivity index (χ4n) is 2.85. The van der Waals surface area contributed by atoms with Gasteiger partial charge in [-0.25, -0.2) is 0 Å². The molecule has 1 N–H and O–H groups in total. The van der Waals surface area contributed by atoms with E-state index in [1.165, 1.54) is 49.7 Å². The van der Waals surface area contributed by atoms with Crippen LogP contribution in [0.25, 0.3) is 0 Å². The smallest absolute Gasteiger partial charge is 0.0818 e. The molecule has 0 saturated heterocycles. The fourth-order valence-corrected chi connectivity index (χ4v) is 2.85. The molecule has 1 fully saturated rings. The first-order chi connectivity index (χ1) is 8.18. The minimum absolute atomic E-state index is 0.257. The third-order valence-electron chi connectivity index (χ3n) is 4.22. The SMILES string of the molecule is Cc1ccc(C(O)C2CCCCCC2)cc1C. The monoisotopic (exact) mass is 232 g/mol. The lowest BCUT2D eigenvalue weighted by Crippen LogP contribution is -2.12. The third-order valence-corrected chi connectivity index (χ3v) is 4.22. The standard InChI is InChI=1S/C16H24O/c1-12-9-10-15(11-13(12)2)16(17)14-7-5-3-4-6-8-14/h9-11,14,16-17H,3-8H2,1-2H3. The summed E-state index contributed by atoms with van der Waals surface area (Å²) in [6, 6.07) is 6.38. The molecule has 1 aromatic carbocycles. The van der Waals surface area contributed by atoms with Crippen molar-refractivity contribution in [1.82, 2.24) is 0 Å². The maximum absolute atomic E-state index is 10.5. The number of aryl methyl sites for hydroxylation is 2. The van der Waals surface area contributed by atoms with E-state index in [-0.39, 0.29) is 6.10 Å². The van der Waals surface area contributed by atoms with Crippen LogP contribution < -0.4 is 0 Å². The van der Waals surface area contributed by atoms with E-state index >= 15 is 0 Å². The highest BCUT2D eigenvalue weighted by atomic mass is 16.3. The first-order valence-electron chi connectivity index (χ1n) is 6.93. The van der Waals surface area contributed by atoms with Crippen LogP contribution in [0.15, 0.2) is 18.2 Å². The van der Waals surface area contributed by atoms with Crippen LogP contribution in [0.2, 0.25) is 0 Å². The number of rotatable bonds is 2. The molecular weight excluding hydrogens is 208 g/mol. The maximum atomic E-state index is 10.5. The van der Waals surface area contributed by atoms with Crippen LogP contribution >= 0.6 is 0 Å². The van der Waals surface area contributed by atoms with Gasteiger partial charge in [-0.1, -0.05) is 43.9 Å². The Labute approximate surface area is 105 Å². The molecule has 1 aliphatic carbocycles. The van der Waals surface area contributed by atoms with E-state index < -0.39 is 0 Å². The van der Waals surface area contributed by atoms with Crippen LogP contribution in [0, 0.1) is 19.8 Å². The quantitative estimate of drug-likeness (QED) is 0.753. The number of hydrogen-bond donors (Lipinski definition) is 1. The molecule has 0 spiro atoms. The zero-order valence-electron chi connectivity index (χ0n) is 11.1. The van der Waals surface area contributed by atoms with Gasteiger partial charge in [0.2, 0.25) is 0 Å². The van der Waals surface area contributed by atoms with Crippen LogP contribution in [-0.4, -0.2) is 5.11 Å². The van der Waals surface area contributed by atoms with Gasteiger partial charge >= 0.3 is 0 Å². The highest BCUT2D eigenvalue weighted by molar-refractivity contribution is 5.31. The Bertz CT molecular complexity index is 362. The minimum atomic E-state index is -0.257. The van der Waals surface area contributed by atoms with E-state index in [0.29, 0.717) is 5.92 Å². The van der Waals surface area contributed by atoms with Gasteiger partial charge in [0.25, 0.3) is 0 Å². The number of benzene rings is 1. The molecule has 1 saturated carbocycles. The first-order valence-corrected chi connectivity index (χ1v) is 6.93. The van der Waals surface area contributed by atoms with Gasteiger partial charge in [0.05, 0.1) is 6.10 Å². The van der Waals surface area contributed by atoms with Crippen molar-refractivity contribution in [2.24, 2.45) is 5.92 Å². The molecule has 0 aromatic heterocycles. The largest absolute Gasteiger partial charge is 0.388 e. The first kappa shape index (κ1) is 12.6. The topological polar surface area (TPSA) is 20.2 Å². The summed E-state index contributed by atoms with van der Waals surface area (Å²) < 4.78 is 0. The fraction of sp³-hybridized carbons (Fsp3) is 0.625. The van der Waals surface area contributed by atoms with Crippen molar-refractivity contribution in [1.29, 1.82) is 0 Å². The Morgan fingerprint density at radius 2 is 1.65 bits per heavy atom. The van der Waals surface area contributed by atoms with Gasteiger partial charge in [-0.2, -0.15) is 0 Å². The molecule has 1 heteroatoms. The normalized spacial score (nSPS) is 19.9. The van der Waals surface area contributed by atoms with Crippen molar-refractivity contribution in [3.8, 4) is 0 Å². The lowest BCUT2D eigenvalue weighted by atomic mass is 9.88. The molecule has 0 heterocycles. The molecule has 0 radical (unpaired) electrons. The highest BCUT2D eigenvalue weighted by Gasteiger charge is 2.22. The van der Waals surface area contributed by atoms with Gasteiger partial charge in [-0.05, 0) is 49.3 Å². The second kappa shape index (κ2) is 5.68. The summed E-state index contributed by atoms with van der Waals surface area (Å²) in [5.74, 6) is 0.472. The summed E-state index contributed by atoms with van der Waals surface area (Å²) in [5, 5.41) is 10.5. The highest BCUT2D eigenvalue weighted by Crippen LogP contribution is 2.33. The van der Waals surface area contributed by atoms with Crippen molar-refractivity contribution in [2.75, 3.05) is 0 Å². The van der Waals surface area contributed by atoms with E-state index in [1.807, 2.05) is 0 Å². The maximum Gasteiger partial charge on any atom is 0.0818 e. The van der Waals surface area contributed by atoms with Crippen LogP contribution in [0.1, 0.15) is 61.3 Å². The molecule has 0 bridgehead atoms. The van der Waals surface area contributed by atoms with Crippen LogP contribution in [-0.2, 0) is 0 Å². The summed E-state index contributed by atoms with van der Waals surface area (Å²) in [6.07, 6.45) is 7.38. The van der Waals surface area contributed by atoms with Crippen LogP contribution in [0.4, 0.5) is 0 Å². The third kappa shape index (κ3) is 3.10. The molecule has 1 aromatic rings. The summed E-state index contributed by atoms with van der Waals surface area (Å²) in [5.41, 5.74) is 3.71. The number of aliphatic hydroxyl groups excluding tert-OH is 1. The summed E-state index contributed by atoms with van der Waals surface area (Å²) in [7, 11) is 0. The van der Waals surface area contributed by atoms with Gasteiger partial charge in [0.15, 0.2) is 0 Å². The van der Waals surface area contributed by atoms with Gasteiger partial charge in [0.1, 0.15) is 0 Å². The minimum Gasteiger partial charge on any atom is -0.388 e. The average Bonchev–Trinajstić information content (AvgIpc) is 2.60. The Morgan fingerprint density at radius 3 is 2.24 bits per heavy atom. The van der Waals surface area contributed by atoms with Gasteiger partial charge in [0, 0.05) is 0 Å². The van der Waals surface area contributed by atoms with E-state index in [2.05, 4.69) is 32.0 Å². The second-order valence-electron chi connectivity index (χ2n) is 5.54. The lowest BCUT2D eigenvalue weighted by molar-refractivity contribution is 0.0987. The van der Waals surface area contributed by atoms with E-state index in [9.17, 15) is 5.11 Å². The van der Waals surface area contributed by atoms with E-state index in [4.69, 9.17) is 0 Å². The van der Waals surface area contributed by atoms with Crippen molar-refractivity contribution in [3.63, 3.8) is 0 Å². The van der Waals surface area contributed by atoms with Crippen molar-refractivity contribution >= 4 is 0 Å². The molecule has 1 unspecified atom stereocenters. The summed E-state index contributed by atoms with van der Waals surface area (Å²) in [4.78, 5) is 0. The van der Waals surface area contributed by atoms with Crippen LogP contribution in [0.3, 0.4) is 0 Å². The summed E-state index contributed by atoms with van der Waals surface area (Å²) in [6.45, 7) is 4.25. The molecule has 0 amide bonds. The van der Waals surface area contributed by atoms with Crippen molar-refractivity contribution < 1.29 is 5.11 Å². The molecular formula is C16H24O. The predicted molar refractivity (Wildman–Crippen MR) is 72.1 cm³/mol. The molecule has 1 aliphatic rings. The Kier molecular flexibility index (Phi) is 4.22. The predicted octanol–water partition coefficient (Wildman–Crippen LogP) is 4.31. The molecule has 0 aliphatic heterocycles. The average molecular weight is 232 g/mol. The molecule has 94 valence electrons. The number of hydrogen-bond acceptors (Lipinski definition) is 1. The zero-order valence-corrected chi connectivity index (χ0v) is 11.1. The lowest BCUT2D eigenvalue weighted by Gasteiger charge is -2.22. The Morgan fingerprint density at radius 1 is 1.00 bits per heavy atom. The zero-order chi connectivity index (χ0) is 12.3. The Balaban J connectivity index is 2.11. The molecule has 17 heavy (non-hydrogen) atoms. The second-order valence-corrected chi connectivity index (χ2v) is 5.54. The molecule has 1 atom stereocenters.